The summed E-state index contributed by atoms with van der Waals surface area (Å²) in [7, 11) is 0. The number of likely N-dealkylation sites (tertiary alicyclic amines) is 2. The maximum absolute atomic E-state index is 11.9. The van der Waals surface area contributed by atoms with Crippen LogP contribution in [0.15, 0.2) is 42.5 Å². The zero-order valence-electron chi connectivity index (χ0n) is 22.0. The lowest BCUT2D eigenvalue weighted by Gasteiger charge is -2.27. The number of hydrogen-bond acceptors (Lipinski definition) is 5. The number of carbonyl (C=O) groups is 1. The van der Waals surface area contributed by atoms with Crippen molar-refractivity contribution in [2.45, 2.75) is 70.9 Å². The van der Waals surface area contributed by atoms with Crippen LogP contribution in [-0.4, -0.2) is 65.8 Å². The topological polar surface area (TPSA) is 62.2 Å². The Morgan fingerprint density at radius 3 is 2.56 bits per heavy atom. The first-order chi connectivity index (χ1) is 17.4. The van der Waals surface area contributed by atoms with Gasteiger partial charge in [-0.25, -0.2) is 0 Å². The first-order valence-electron chi connectivity index (χ1n) is 13.5. The van der Waals surface area contributed by atoms with Gasteiger partial charge in [-0.3, -0.25) is 9.69 Å². The molecule has 0 radical (unpaired) electrons. The minimum atomic E-state index is -0.789. The molecule has 0 aromatic heterocycles. The van der Waals surface area contributed by atoms with Crippen LogP contribution in [0.4, 0.5) is 0 Å². The van der Waals surface area contributed by atoms with Gasteiger partial charge in [0.25, 0.3) is 0 Å². The van der Waals surface area contributed by atoms with E-state index in [1.807, 2.05) is 23.1 Å². The summed E-state index contributed by atoms with van der Waals surface area (Å²) in [5, 5.41) is 11.2. The third-order valence-electron chi connectivity index (χ3n) is 7.43. The molecule has 2 heterocycles. The minimum Gasteiger partial charge on any atom is -0.494 e. The summed E-state index contributed by atoms with van der Waals surface area (Å²) in [5.41, 5.74) is 2.79. The van der Waals surface area contributed by atoms with Gasteiger partial charge in [-0.2, -0.15) is 0 Å². The summed E-state index contributed by atoms with van der Waals surface area (Å²) in [5.74, 6) is 2.02. The van der Waals surface area contributed by atoms with Gasteiger partial charge in [0.05, 0.1) is 12.2 Å². The molecule has 1 amide bonds. The van der Waals surface area contributed by atoms with Crippen molar-refractivity contribution in [3.05, 3.63) is 59.2 Å². The van der Waals surface area contributed by atoms with E-state index in [-0.39, 0.29) is 5.91 Å². The van der Waals surface area contributed by atoms with Crippen molar-refractivity contribution in [1.29, 1.82) is 0 Å². The minimum absolute atomic E-state index is 0.284. The SMILES string of the molecule is Cc1ccc(OCC2(O)CCCN(Cc3ccc(OCCCN4CCCCC4=O)cc3)CC2)c(C)c1. The first kappa shape index (κ1) is 26.5. The summed E-state index contributed by atoms with van der Waals surface area (Å²) >= 11 is 0. The molecule has 2 aromatic carbocycles. The molecule has 2 fully saturated rings. The van der Waals surface area contributed by atoms with Crippen molar-refractivity contribution in [2.24, 2.45) is 0 Å². The Morgan fingerprint density at radius 2 is 1.78 bits per heavy atom. The van der Waals surface area contributed by atoms with Gasteiger partial charge in [0.2, 0.25) is 5.91 Å². The molecule has 0 saturated carbocycles. The maximum Gasteiger partial charge on any atom is 0.222 e. The molecule has 36 heavy (non-hydrogen) atoms. The average molecular weight is 495 g/mol. The van der Waals surface area contributed by atoms with Gasteiger partial charge < -0.3 is 19.5 Å². The number of amides is 1. The lowest BCUT2D eigenvalue weighted by Crippen LogP contribution is -2.37. The lowest BCUT2D eigenvalue weighted by molar-refractivity contribution is -0.133. The van der Waals surface area contributed by atoms with E-state index in [9.17, 15) is 9.90 Å². The van der Waals surface area contributed by atoms with Crippen molar-refractivity contribution < 1.29 is 19.4 Å². The van der Waals surface area contributed by atoms with Gasteiger partial charge in [-0.15, -0.1) is 0 Å². The fraction of sp³-hybridized carbons (Fsp3) is 0.567. The fourth-order valence-electron chi connectivity index (χ4n) is 5.20. The molecule has 2 aliphatic rings. The summed E-state index contributed by atoms with van der Waals surface area (Å²) in [6.45, 7) is 9.45. The van der Waals surface area contributed by atoms with Crippen molar-refractivity contribution >= 4 is 5.91 Å². The van der Waals surface area contributed by atoms with Crippen molar-refractivity contribution in [2.75, 3.05) is 39.4 Å². The quantitative estimate of drug-likeness (QED) is 0.477. The number of nitrogens with zero attached hydrogens (tertiary/aromatic N) is 2. The number of rotatable bonds is 10. The van der Waals surface area contributed by atoms with Gasteiger partial charge >= 0.3 is 0 Å². The molecule has 6 nitrogen and oxygen atoms in total. The maximum atomic E-state index is 11.9. The Kier molecular flexibility index (Phi) is 9.27. The smallest absolute Gasteiger partial charge is 0.222 e. The third kappa shape index (κ3) is 7.71. The lowest BCUT2D eigenvalue weighted by atomic mass is 9.96. The number of benzene rings is 2. The third-order valence-corrected chi connectivity index (χ3v) is 7.43. The van der Waals surface area contributed by atoms with E-state index < -0.39 is 5.60 Å². The molecule has 1 N–H and O–H groups in total. The standard InChI is InChI=1S/C30H42N2O4/c1-24-8-13-28(25(2)21-24)36-23-30(34)14-5-16-31(19-15-30)22-26-9-11-27(12-10-26)35-20-6-18-32-17-4-3-7-29(32)33/h8-13,21,34H,3-7,14-20,22-23H2,1-2H3. The van der Waals surface area contributed by atoms with Gasteiger partial charge in [-0.1, -0.05) is 29.8 Å². The summed E-state index contributed by atoms with van der Waals surface area (Å²) in [6, 6.07) is 14.5. The van der Waals surface area contributed by atoms with E-state index in [4.69, 9.17) is 9.47 Å². The molecule has 2 aromatic rings. The summed E-state index contributed by atoms with van der Waals surface area (Å²) in [4.78, 5) is 16.3. The van der Waals surface area contributed by atoms with Crippen LogP contribution in [-0.2, 0) is 11.3 Å². The molecule has 2 saturated heterocycles. The Balaban J connectivity index is 1.18. The van der Waals surface area contributed by atoms with Crippen LogP contribution in [0.3, 0.4) is 0 Å². The molecule has 1 unspecified atom stereocenters. The Labute approximate surface area is 216 Å². The number of ether oxygens (including phenoxy) is 2. The molecule has 0 bridgehead atoms. The second-order valence-corrected chi connectivity index (χ2v) is 10.6. The van der Waals surface area contributed by atoms with E-state index in [1.54, 1.807) is 0 Å². The summed E-state index contributed by atoms with van der Waals surface area (Å²) < 4.78 is 11.9. The molecular weight excluding hydrogens is 452 g/mol. The fourth-order valence-corrected chi connectivity index (χ4v) is 5.20. The first-order valence-corrected chi connectivity index (χ1v) is 13.5. The van der Waals surface area contributed by atoms with Crippen LogP contribution in [0.25, 0.3) is 0 Å². The zero-order chi connectivity index (χ0) is 25.4. The van der Waals surface area contributed by atoms with E-state index in [1.165, 1.54) is 11.1 Å². The number of carbonyl (C=O) groups excluding carboxylic acids is 1. The molecule has 6 heteroatoms. The zero-order valence-corrected chi connectivity index (χ0v) is 22.0. The van der Waals surface area contributed by atoms with Gasteiger partial charge in [0.15, 0.2) is 0 Å². The highest BCUT2D eigenvalue weighted by Crippen LogP contribution is 2.27. The second kappa shape index (κ2) is 12.6. The van der Waals surface area contributed by atoms with Crippen LogP contribution < -0.4 is 9.47 Å². The highest BCUT2D eigenvalue weighted by molar-refractivity contribution is 5.76. The number of aryl methyl sites for hydroxylation is 2. The molecule has 1 atom stereocenters. The van der Waals surface area contributed by atoms with E-state index in [2.05, 4.69) is 43.0 Å². The summed E-state index contributed by atoms with van der Waals surface area (Å²) in [6.07, 6.45) is 6.11. The normalized spacial score (nSPS) is 21.3. The van der Waals surface area contributed by atoms with Crippen LogP contribution in [0.2, 0.25) is 0 Å². The predicted octanol–water partition coefficient (Wildman–Crippen LogP) is 4.88. The van der Waals surface area contributed by atoms with Crippen molar-refractivity contribution in [3.63, 3.8) is 0 Å². The number of piperidine rings is 1. The monoisotopic (exact) mass is 494 g/mol. The molecule has 196 valence electrons. The Morgan fingerprint density at radius 1 is 0.944 bits per heavy atom. The van der Waals surface area contributed by atoms with Crippen LogP contribution in [0, 0.1) is 13.8 Å². The van der Waals surface area contributed by atoms with E-state index in [0.717, 1.165) is 81.9 Å². The van der Waals surface area contributed by atoms with Crippen LogP contribution >= 0.6 is 0 Å². The van der Waals surface area contributed by atoms with Gasteiger partial charge in [0, 0.05) is 32.6 Å². The average Bonchev–Trinajstić information content (AvgIpc) is 3.05. The highest BCUT2D eigenvalue weighted by Gasteiger charge is 2.31. The predicted molar refractivity (Wildman–Crippen MR) is 142 cm³/mol. The van der Waals surface area contributed by atoms with E-state index in [0.29, 0.717) is 26.1 Å². The number of aliphatic hydroxyl groups is 1. The Hall–Kier alpha value is -2.57. The molecular formula is C30H42N2O4. The molecule has 0 aliphatic carbocycles. The van der Waals surface area contributed by atoms with E-state index >= 15 is 0 Å². The van der Waals surface area contributed by atoms with Crippen LogP contribution in [0.5, 0.6) is 11.5 Å². The molecule has 0 spiro atoms. The van der Waals surface area contributed by atoms with Crippen molar-refractivity contribution in [3.8, 4) is 11.5 Å². The molecule has 2 aliphatic heterocycles. The Bertz CT molecular complexity index is 993. The largest absolute Gasteiger partial charge is 0.494 e. The van der Waals surface area contributed by atoms with Gasteiger partial charge in [0.1, 0.15) is 18.1 Å². The highest BCUT2D eigenvalue weighted by atomic mass is 16.5. The van der Waals surface area contributed by atoms with Gasteiger partial charge in [-0.05, 0) is 88.2 Å². The number of hydrogen-bond donors (Lipinski definition) is 1. The molecule has 4 rings (SSSR count). The van der Waals surface area contributed by atoms with Crippen molar-refractivity contribution in [1.82, 2.24) is 9.80 Å². The van der Waals surface area contributed by atoms with Crippen LogP contribution in [0.1, 0.15) is 61.6 Å². The second-order valence-electron chi connectivity index (χ2n) is 10.6.